The van der Waals surface area contributed by atoms with E-state index in [0.29, 0.717) is 38.0 Å². The van der Waals surface area contributed by atoms with Crippen molar-refractivity contribution in [2.24, 2.45) is 5.41 Å². The summed E-state index contributed by atoms with van der Waals surface area (Å²) in [5.74, 6) is -1.81. The average Bonchev–Trinajstić information content (AvgIpc) is 2.63. The molecule has 2 N–H and O–H groups in total. The number of benzene rings is 1. The van der Waals surface area contributed by atoms with Gasteiger partial charge in [0.05, 0.1) is 0 Å². The van der Waals surface area contributed by atoms with Crippen molar-refractivity contribution < 1.29 is 18.3 Å². The summed E-state index contributed by atoms with van der Waals surface area (Å²) < 4.78 is 32.6. The molecule has 1 aromatic heterocycles. The highest BCUT2D eigenvalue weighted by Gasteiger charge is 2.34. The molecule has 0 bridgehead atoms. The lowest BCUT2D eigenvalue weighted by Crippen LogP contribution is -2.43. The highest BCUT2D eigenvalue weighted by Crippen LogP contribution is 2.34. The van der Waals surface area contributed by atoms with Crippen LogP contribution in [0.1, 0.15) is 29.0 Å². The number of ether oxygens (including phenoxy) is 1. The Morgan fingerprint density at radius 2 is 2.04 bits per heavy atom. The number of hydrogen-bond acceptors (Lipinski definition) is 4. The first kappa shape index (κ1) is 18.2. The first-order valence-corrected chi connectivity index (χ1v) is 8.33. The maximum absolute atomic E-state index is 14.1. The average molecular weight is 363 g/mol. The van der Waals surface area contributed by atoms with E-state index in [2.05, 4.69) is 15.3 Å². The summed E-state index contributed by atoms with van der Waals surface area (Å²) in [5, 5.41) is 2.76. The topological polar surface area (TPSA) is 84.1 Å². The zero-order valence-corrected chi connectivity index (χ0v) is 14.1. The fourth-order valence-electron chi connectivity index (χ4n) is 3.13. The molecular formula is C18H19F2N3O3. The van der Waals surface area contributed by atoms with Crippen LogP contribution in [0.2, 0.25) is 0 Å². The Labute approximate surface area is 148 Å². The van der Waals surface area contributed by atoms with Crippen LogP contribution in [0.3, 0.4) is 0 Å². The largest absolute Gasteiger partial charge is 0.381 e. The van der Waals surface area contributed by atoms with Crippen LogP contribution >= 0.6 is 0 Å². The number of halogens is 2. The Bertz CT molecular complexity index is 848. The lowest BCUT2D eigenvalue weighted by Gasteiger charge is -2.37. The second-order valence-electron chi connectivity index (χ2n) is 6.49. The summed E-state index contributed by atoms with van der Waals surface area (Å²) >= 11 is 0. The lowest BCUT2D eigenvalue weighted by molar-refractivity contribution is 0.0144. The summed E-state index contributed by atoms with van der Waals surface area (Å²) in [7, 11) is 0. The fourth-order valence-corrected chi connectivity index (χ4v) is 3.13. The maximum atomic E-state index is 14.1. The molecule has 1 aliphatic rings. The van der Waals surface area contributed by atoms with Gasteiger partial charge in [-0.25, -0.2) is 13.8 Å². The Balaban J connectivity index is 1.75. The molecule has 0 aliphatic carbocycles. The lowest BCUT2D eigenvalue weighted by atomic mass is 9.75. The van der Waals surface area contributed by atoms with Gasteiger partial charge >= 0.3 is 0 Å². The molecule has 2 aromatic rings. The van der Waals surface area contributed by atoms with Gasteiger partial charge in [0.15, 0.2) is 5.82 Å². The molecule has 0 unspecified atom stereocenters. The Kier molecular flexibility index (Phi) is 5.41. The van der Waals surface area contributed by atoms with Gasteiger partial charge in [0.1, 0.15) is 11.6 Å². The first-order chi connectivity index (χ1) is 12.5. The Hall–Kier alpha value is -2.61. The maximum Gasteiger partial charge on any atom is 0.287 e. The van der Waals surface area contributed by atoms with Crippen LogP contribution in [0, 0.1) is 17.0 Å². The minimum atomic E-state index is -0.625. The Morgan fingerprint density at radius 1 is 1.27 bits per heavy atom. The zero-order chi connectivity index (χ0) is 18.6. The summed E-state index contributed by atoms with van der Waals surface area (Å²) in [6.07, 6.45) is 2.86. The molecule has 138 valence electrons. The van der Waals surface area contributed by atoms with Crippen molar-refractivity contribution in [1.29, 1.82) is 0 Å². The second-order valence-corrected chi connectivity index (χ2v) is 6.49. The summed E-state index contributed by atoms with van der Waals surface area (Å²) in [6, 6.07) is 4.73. The van der Waals surface area contributed by atoms with Crippen molar-refractivity contribution in [1.82, 2.24) is 15.3 Å². The van der Waals surface area contributed by atoms with Gasteiger partial charge in [-0.2, -0.15) is 0 Å². The van der Waals surface area contributed by atoms with Crippen LogP contribution < -0.4 is 10.9 Å². The van der Waals surface area contributed by atoms with Crippen molar-refractivity contribution in [3.8, 4) is 0 Å². The third kappa shape index (κ3) is 4.32. The number of carbonyl (C=O) groups excluding carboxylic acids is 1. The molecule has 0 spiro atoms. The van der Waals surface area contributed by atoms with Crippen LogP contribution in [-0.2, 0) is 11.2 Å². The quantitative estimate of drug-likeness (QED) is 0.849. The van der Waals surface area contributed by atoms with Crippen molar-refractivity contribution in [2.45, 2.75) is 19.3 Å². The van der Waals surface area contributed by atoms with Crippen LogP contribution in [0.15, 0.2) is 35.3 Å². The minimum Gasteiger partial charge on any atom is -0.381 e. The molecule has 1 fully saturated rings. The van der Waals surface area contributed by atoms with E-state index >= 15 is 0 Å². The second kappa shape index (κ2) is 7.74. The molecule has 0 radical (unpaired) electrons. The number of nitrogens with one attached hydrogen (secondary N) is 2. The van der Waals surface area contributed by atoms with E-state index in [1.807, 2.05) is 0 Å². The monoisotopic (exact) mass is 363 g/mol. The number of aromatic nitrogens is 2. The molecule has 1 aromatic carbocycles. The van der Waals surface area contributed by atoms with Gasteiger partial charge in [-0.05, 0) is 36.3 Å². The molecule has 0 atom stereocenters. The smallest absolute Gasteiger partial charge is 0.287 e. The van der Waals surface area contributed by atoms with Gasteiger partial charge in [0, 0.05) is 38.1 Å². The number of hydrogen-bond donors (Lipinski definition) is 2. The first-order valence-electron chi connectivity index (χ1n) is 8.33. The van der Waals surface area contributed by atoms with E-state index in [1.54, 1.807) is 0 Å². The summed E-state index contributed by atoms with van der Waals surface area (Å²) in [4.78, 5) is 29.8. The highest BCUT2D eigenvalue weighted by atomic mass is 19.1. The SMILES string of the molecule is O=C(NCC1(Cc2ccc(F)cc2F)CCOCC1)c1nccc(=O)[nH]1. The number of rotatable bonds is 5. The van der Waals surface area contributed by atoms with E-state index in [1.165, 1.54) is 24.4 Å². The molecule has 1 saturated heterocycles. The van der Waals surface area contributed by atoms with Crippen molar-refractivity contribution in [3.63, 3.8) is 0 Å². The van der Waals surface area contributed by atoms with E-state index in [-0.39, 0.29) is 12.4 Å². The van der Waals surface area contributed by atoms with E-state index < -0.39 is 28.5 Å². The summed E-state index contributed by atoms with van der Waals surface area (Å²) in [5.41, 5.74) is -0.435. The van der Waals surface area contributed by atoms with E-state index in [9.17, 15) is 18.4 Å². The number of nitrogens with zero attached hydrogens (tertiary/aromatic N) is 1. The minimum absolute atomic E-state index is 0.0762. The molecule has 1 amide bonds. The van der Waals surface area contributed by atoms with E-state index in [0.717, 1.165) is 6.07 Å². The van der Waals surface area contributed by atoms with Crippen molar-refractivity contribution in [2.75, 3.05) is 19.8 Å². The van der Waals surface area contributed by atoms with Crippen molar-refractivity contribution in [3.05, 3.63) is 63.8 Å². The molecule has 26 heavy (non-hydrogen) atoms. The molecule has 0 saturated carbocycles. The number of amides is 1. The van der Waals surface area contributed by atoms with Gasteiger partial charge in [-0.1, -0.05) is 6.07 Å². The third-order valence-electron chi connectivity index (χ3n) is 4.64. The molecule has 8 heteroatoms. The fraction of sp³-hybridized carbons (Fsp3) is 0.389. The van der Waals surface area contributed by atoms with Gasteiger partial charge in [-0.3, -0.25) is 9.59 Å². The molecule has 2 heterocycles. The number of H-pyrrole nitrogens is 1. The Morgan fingerprint density at radius 3 is 2.73 bits per heavy atom. The molecular weight excluding hydrogens is 344 g/mol. The normalized spacial score (nSPS) is 16.2. The van der Waals surface area contributed by atoms with E-state index in [4.69, 9.17) is 4.74 Å². The predicted molar refractivity (Wildman–Crippen MR) is 89.7 cm³/mol. The van der Waals surface area contributed by atoms with Crippen LogP contribution in [0.5, 0.6) is 0 Å². The summed E-state index contributed by atoms with van der Waals surface area (Å²) in [6.45, 7) is 1.27. The predicted octanol–water partition coefficient (Wildman–Crippen LogP) is 1.82. The molecule has 1 aliphatic heterocycles. The van der Waals surface area contributed by atoms with Gasteiger partial charge in [0.2, 0.25) is 0 Å². The van der Waals surface area contributed by atoms with Gasteiger partial charge in [-0.15, -0.1) is 0 Å². The third-order valence-corrected chi connectivity index (χ3v) is 4.64. The number of carbonyl (C=O) groups is 1. The van der Waals surface area contributed by atoms with Gasteiger partial charge in [0.25, 0.3) is 11.5 Å². The van der Waals surface area contributed by atoms with Crippen LogP contribution in [-0.4, -0.2) is 35.6 Å². The standard InChI is InChI=1S/C18H19F2N3O3/c19-13-2-1-12(14(20)9-13)10-18(4-7-26-8-5-18)11-22-17(25)16-21-6-3-15(24)23-16/h1-3,6,9H,4-5,7-8,10-11H2,(H,22,25)(H,21,23,24). The van der Waals surface area contributed by atoms with Crippen molar-refractivity contribution >= 4 is 5.91 Å². The number of aromatic amines is 1. The van der Waals surface area contributed by atoms with Crippen LogP contribution in [0.4, 0.5) is 8.78 Å². The zero-order valence-electron chi connectivity index (χ0n) is 14.1. The van der Waals surface area contributed by atoms with Gasteiger partial charge < -0.3 is 15.0 Å². The molecule has 6 nitrogen and oxygen atoms in total. The highest BCUT2D eigenvalue weighted by molar-refractivity contribution is 5.90. The van der Waals surface area contributed by atoms with Crippen LogP contribution in [0.25, 0.3) is 0 Å². The molecule has 3 rings (SSSR count).